The SMILES string of the molecule is CC1(C)c2cc(-c3ccccc3-c3cccc4c5ccccc5n(-c5cccc(-c6nc(-c7ccccc7)nc(-c7ccc(-c8ccccc8)cc7)n6)c5)c34)ccc2C2C=CC=CC21C. The number of hydrogen-bond acceptors (Lipinski definition) is 3. The lowest BCUT2D eigenvalue weighted by molar-refractivity contribution is 0.245. The number of allylic oxidation sites excluding steroid dienone is 4. The molecule has 2 aromatic heterocycles. The van der Waals surface area contributed by atoms with Crippen LogP contribution in [0.2, 0.25) is 0 Å². The molecule has 65 heavy (non-hydrogen) atoms. The maximum atomic E-state index is 5.18. The number of aromatic nitrogens is 4. The highest BCUT2D eigenvalue weighted by Crippen LogP contribution is 2.61. The number of benzene rings is 8. The molecule has 2 aliphatic carbocycles. The smallest absolute Gasteiger partial charge is 0.164 e. The van der Waals surface area contributed by atoms with Crippen molar-refractivity contribution in [2.45, 2.75) is 32.1 Å². The van der Waals surface area contributed by atoms with Gasteiger partial charge in [-0.05, 0) is 62.6 Å². The monoisotopic (exact) mass is 834 g/mol. The van der Waals surface area contributed by atoms with E-state index in [9.17, 15) is 0 Å². The van der Waals surface area contributed by atoms with Gasteiger partial charge in [0.2, 0.25) is 0 Å². The summed E-state index contributed by atoms with van der Waals surface area (Å²) in [5.74, 6) is 2.25. The van der Waals surface area contributed by atoms with Gasteiger partial charge in [0.05, 0.1) is 11.0 Å². The third-order valence-corrected chi connectivity index (χ3v) is 14.4. The summed E-state index contributed by atoms with van der Waals surface area (Å²) in [4.78, 5) is 15.4. The van der Waals surface area contributed by atoms with Crippen molar-refractivity contribution in [1.29, 1.82) is 0 Å². The van der Waals surface area contributed by atoms with Gasteiger partial charge < -0.3 is 4.57 Å². The number of para-hydroxylation sites is 2. The molecular weight excluding hydrogens is 789 g/mol. The summed E-state index contributed by atoms with van der Waals surface area (Å²) in [6.07, 6.45) is 9.26. The lowest BCUT2D eigenvalue weighted by atomic mass is 9.62. The van der Waals surface area contributed by atoms with Crippen LogP contribution in [0.1, 0.15) is 37.8 Å². The quantitative estimate of drug-likeness (QED) is 0.161. The zero-order valence-corrected chi connectivity index (χ0v) is 36.7. The van der Waals surface area contributed by atoms with Gasteiger partial charge in [0.15, 0.2) is 17.5 Å². The van der Waals surface area contributed by atoms with Crippen LogP contribution in [0.15, 0.2) is 218 Å². The Hall–Kier alpha value is -7.95. The first-order chi connectivity index (χ1) is 31.9. The van der Waals surface area contributed by atoms with Gasteiger partial charge in [-0.3, -0.25) is 0 Å². The van der Waals surface area contributed by atoms with Gasteiger partial charge in [-0.1, -0.05) is 221 Å². The molecule has 0 saturated heterocycles. The Morgan fingerprint density at radius 2 is 0.985 bits per heavy atom. The van der Waals surface area contributed by atoms with Crippen molar-refractivity contribution < 1.29 is 0 Å². The summed E-state index contributed by atoms with van der Waals surface area (Å²) < 4.78 is 2.43. The maximum absolute atomic E-state index is 5.18. The summed E-state index contributed by atoms with van der Waals surface area (Å²) in [5, 5.41) is 2.41. The van der Waals surface area contributed by atoms with E-state index in [1.54, 1.807) is 0 Å². The Morgan fingerprint density at radius 1 is 0.431 bits per heavy atom. The van der Waals surface area contributed by atoms with E-state index in [4.69, 9.17) is 15.0 Å². The molecule has 12 rings (SSSR count). The molecule has 0 aliphatic heterocycles. The van der Waals surface area contributed by atoms with Crippen LogP contribution in [0.3, 0.4) is 0 Å². The standard InChI is InChI=1S/C61H46N4/c1-60(2)54-39-44(35-36-52(54)53-29-14-15-37-61(53,60)3)47-24-10-11-25-48(47)50-27-17-28-51-49-26-12-13-30-55(49)65(56(50)51)46-23-16-22-45(38-46)59-63-57(42-20-8-5-9-21-42)62-58(64-59)43-33-31-41(32-34-43)40-18-6-4-7-19-40/h4-39,53H,1-3H3. The molecule has 0 amide bonds. The van der Waals surface area contributed by atoms with Gasteiger partial charge in [0, 0.05) is 50.0 Å². The van der Waals surface area contributed by atoms with Gasteiger partial charge in [0.25, 0.3) is 0 Å². The average Bonchev–Trinajstić information content (AvgIpc) is 3.80. The first-order valence-corrected chi connectivity index (χ1v) is 22.6. The molecular formula is C61H46N4. The van der Waals surface area contributed by atoms with E-state index in [-0.39, 0.29) is 10.8 Å². The zero-order valence-electron chi connectivity index (χ0n) is 36.7. The highest BCUT2D eigenvalue weighted by atomic mass is 15.0. The molecule has 2 heterocycles. The molecule has 8 aromatic carbocycles. The van der Waals surface area contributed by atoms with Crippen LogP contribution in [0.25, 0.3) is 95.0 Å². The molecule has 0 bridgehead atoms. The van der Waals surface area contributed by atoms with Crippen LogP contribution < -0.4 is 0 Å². The molecule has 10 aromatic rings. The molecule has 0 radical (unpaired) electrons. The normalized spacial score (nSPS) is 17.1. The fourth-order valence-electron chi connectivity index (χ4n) is 10.6. The number of rotatable bonds is 7. The summed E-state index contributed by atoms with van der Waals surface area (Å²) in [6, 6.07) is 69.4. The summed E-state index contributed by atoms with van der Waals surface area (Å²) >= 11 is 0. The minimum atomic E-state index is -0.0369. The predicted molar refractivity (Wildman–Crippen MR) is 269 cm³/mol. The highest BCUT2D eigenvalue weighted by Gasteiger charge is 2.53. The Morgan fingerprint density at radius 3 is 1.75 bits per heavy atom. The molecule has 2 atom stereocenters. The second kappa shape index (κ2) is 15.1. The Labute approximate surface area is 380 Å². The average molecular weight is 835 g/mol. The first kappa shape index (κ1) is 38.7. The van der Waals surface area contributed by atoms with Crippen molar-refractivity contribution in [1.82, 2.24) is 19.5 Å². The Balaban J connectivity index is 1.01. The summed E-state index contributed by atoms with van der Waals surface area (Å²) in [7, 11) is 0. The third kappa shape index (κ3) is 6.24. The molecule has 0 spiro atoms. The minimum absolute atomic E-state index is 0.0173. The largest absolute Gasteiger partial charge is 0.309 e. The number of nitrogens with zero attached hydrogens (tertiary/aromatic N) is 4. The fraction of sp³-hybridized carbons (Fsp3) is 0.0984. The van der Waals surface area contributed by atoms with E-state index >= 15 is 0 Å². The number of fused-ring (bicyclic) bond motifs is 6. The minimum Gasteiger partial charge on any atom is -0.309 e. The number of hydrogen-bond donors (Lipinski definition) is 0. The van der Waals surface area contributed by atoms with Gasteiger partial charge in [-0.2, -0.15) is 0 Å². The van der Waals surface area contributed by atoms with E-state index in [1.165, 1.54) is 49.7 Å². The Kier molecular flexibility index (Phi) is 8.99. The summed E-state index contributed by atoms with van der Waals surface area (Å²) in [6.45, 7) is 7.26. The van der Waals surface area contributed by atoms with Crippen molar-refractivity contribution >= 4 is 21.8 Å². The molecule has 310 valence electrons. The van der Waals surface area contributed by atoms with E-state index in [0.29, 0.717) is 23.4 Å². The molecule has 2 aliphatic rings. The molecule has 0 N–H and O–H groups in total. The fourth-order valence-corrected chi connectivity index (χ4v) is 10.6. The first-order valence-electron chi connectivity index (χ1n) is 22.6. The maximum Gasteiger partial charge on any atom is 0.164 e. The van der Waals surface area contributed by atoms with E-state index in [0.717, 1.165) is 39.0 Å². The Bertz CT molecular complexity index is 3520. The molecule has 0 fully saturated rings. The van der Waals surface area contributed by atoms with Crippen molar-refractivity contribution in [3.8, 4) is 73.2 Å². The third-order valence-electron chi connectivity index (χ3n) is 14.4. The van der Waals surface area contributed by atoms with Crippen LogP contribution in [0.4, 0.5) is 0 Å². The highest BCUT2D eigenvalue weighted by molar-refractivity contribution is 6.14. The van der Waals surface area contributed by atoms with Crippen molar-refractivity contribution in [3.05, 3.63) is 230 Å². The molecule has 4 heteroatoms. The van der Waals surface area contributed by atoms with Crippen LogP contribution >= 0.6 is 0 Å². The van der Waals surface area contributed by atoms with E-state index < -0.39 is 0 Å². The topological polar surface area (TPSA) is 43.6 Å². The van der Waals surface area contributed by atoms with Crippen LogP contribution in [-0.4, -0.2) is 19.5 Å². The zero-order chi connectivity index (χ0) is 43.7. The predicted octanol–water partition coefficient (Wildman–Crippen LogP) is 15.5. The second-order valence-electron chi connectivity index (χ2n) is 18.2. The molecule has 2 unspecified atom stereocenters. The molecule has 0 saturated carbocycles. The lowest BCUT2D eigenvalue weighted by Crippen LogP contribution is -2.36. The van der Waals surface area contributed by atoms with E-state index in [1.807, 2.05) is 24.3 Å². The van der Waals surface area contributed by atoms with Gasteiger partial charge >= 0.3 is 0 Å². The van der Waals surface area contributed by atoms with Gasteiger partial charge in [-0.15, -0.1) is 0 Å². The molecule has 4 nitrogen and oxygen atoms in total. The second-order valence-corrected chi connectivity index (χ2v) is 18.2. The van der Waals surface area contributed by atoms with Gasteiger partial charge in [-0.25, -0.2) is 15.0 Å². The van der Waals surface area contributed by atoms with Crippen LogP contribution in [0.5, 0.6) is 0 Å². The van der Waals surface area contributed by atoms with E-state index in [2.05, 4.69) is 220 Å². The van der Waals surface area contributed by atoms with Crippen molar-refractivity contribution in [2.24, 2.45) is 5.41 Å². The van der Waals surface area contributed by atoms with Crippen molar-refractivity contribution in [2.75, 3.05) is 0 Å². The van der Waals surface area contributed by atoms with Crippen LogP contribution in [-0.2, 0) is 5.41 Å². The lowest BCUT2D eigenvalue weighted by Gasteiger charge is -2.41. The summed E-state index contributed by atoms with van der Waals surface area (Å²) in [5.41, 5.74) is 16.1. The van der Waals surface area contributed by atoms with Crippen molar-refractivity contribution in [3.63, 3.8) is 0 Å². The van der Waals surface area contributed by atoms with Gasteiger partial charge in [0.1, 0.15) is 0 Å². The van der Waals surface area contributed by atoms with Crippen LogP contribution in [0, 0.1) is 5.41 Å².